The number of hydrogen-bond acceptors (Lipinski definition) is 4. The molecule has 0 radical (unpaired) electrons. The lowest BCUT2D eigenvalue weighted by Crippen LogP contribution is -2.14. The molecule has 3 rings (SSSR count). The van der Waals surface area contributed by atoms with Crippen molar-refractivity contribution in [3.05, 3.63) is 45.3 Å². The molecule has 130 valence electrons. The topological polar surface area (TPSA) is 52.9 Å². The number of amides is 1. The van der Waals surface area contributed by atoms with Crippen molar-refractivity contribution in [3.63, 3.8) is 0 Å². The van der Waals surface area contributed by atoms with Crippen LogP contribution >= 0.6 is 23.1 Å². The highest BCUT2D eigenvalue weighted by molar-refractivity contribution is 8.00. The highest BCUT2D eigenvalue weighted by Crippen LogP contribution is 2.37. The quantitative estimate of drug-likeness (QED) is 0.592. The zero-order chi connectivity index (χ0) is 17.8. The fourth-order valence-corrected chi connectivity index (χ4v) is 5.11. The van der Waals surface area contributed by atoms with Gasteiger partial charge in [-0.1, -0.05) is 12.5 Å². The molecule has 0 bridgehead atoms. The third-order valence-corrected chi connectivity index (χ3v) is 6.84. The monoisotopic (exact) mass is 370 g/mol. The van der Waals surface area contributed by atoms with Crippen molar-refractivity contribution in [1.29, 1.82) is 5.26 Å². The van der Waals surface area contributed by atoms with E-state index in [1.807, 2.05) is 6.07 Å². The van der Waals surface area contributed by atoms with Gasteiger partial charge in [-0.3, -0.25) is 4.79 Å². The highest BCUT2D eigenvalue weighted by atomic mass is 32.2. The van der Waals surface area contributed by atoms with Gasteiger partial charge in [0.1, 0.15) is 11.1 Å². The number of thiophene rings is 1. The van der Waals surface area contributed by atoms with E-state index in [2.05, 4.69) is 37.4 Å². The first-order valence-corrected chi connectivity index (χ1v) is 10.4. The lowest BCUT2D eigenvalue weighted by Gasteiger charge is -2.06. The predicted molar refractivity (Wildman–Crippen MR) is 106 cm³/mol. The van der Waals surface area contributed by atoms with Gasteiger partial charge in [-0.25, -0.2) is 0 Å². The van der Waals surface area contributed by atoms with E-state index in [1.165, 1.54) is 46.2 Å². The maximum Gasteiger partial charge on any atom is 0.235 e. The first-order valence-electron chi connectivity index (χ1n) is 8.63. The molecular formula is C20H22N2OS2. The summed E-state index contributed by atoms with van der Waals surface area (Å²) in [5.74, 6) is 0.312. The molecule has 3 nitrogen and oxygen atoms in total. The van der Waals surface area contributed by atoms with Crippen LogP contribution in [0.15, 0.2) is 23.1 Å². The Kier molecular flexibility index (Phi) is 5.82. The minimum absolute atomic E-state index is 0.0452. The Labute approximate surface area is 157 Å². The van der Waals surface area contributed by atoms with Crippen LogP contribution in [0.4, 0.5) is 5.00 Å². The SMILES string of the molecule is Cc1ccc(SCC(=O)Nc2sc3c(c2C#N)CCCCC3)cc1C. The number of benzene rings is 1. The summed E-state index contributed by atoms with van der Waals surface area (Å²) < 4.78 is 0. The maximum atomic E-state index is 12.4. The van der Waals surface area contributed by atoms with E-state index in [1.54, 1.807) is 11.3 Å². The van der Waals surface area contributed by atoms with Gasteiger partial charge in [-0.05, 0) is 68.4 Å². The fourth-order valence-electron chi connectivity index (χ4n) is 3.06. The highest BCUT2D eigenvalue weighted by Gasteiger charge is 2.20. The van der Waals surface area contributed by atoms with Crippen LogP contribution in [0, 0.1) is 25.2 Å². The molecule has 0 aliphatic heterocycles. The molecule has 1 aromatic heterocycles. The summed E-state index contributed by atoms with van der Waals surface area (Å²) in [5, 5.41) is 13.2. The Hall–Kier alpha value is -1.77. The predicted octanol–water partition coefficient (Wildman–Crippen LogP) is 5.24. The molecule has 0 unspecified atom stereocenters. The number of thioether (sulfide) groups is 1. The molecule has 5 heteroatoms. The third kappa shape index (κ3) is 4.26. The van der Waals surface area contributed by atoms with Gasteiger partial charge in [0.25, 0.3) is 0 Å². The van der Waals surface area contributed by atoms with Gasteiger partial charge in [-0.2, -0.15) is 5.26 Å². The molecule has 0 saturated heterocycles. The summed E-state index contributed by atoms with van der Waals surface area (Å²) in [6.45, 7) is 4.16. The summed E-state index contributed by atoms with van der Waals surface area (Å²) in [4.78, 5) is 14.7. The molecule has 0 atom stereocenters. The van der Waals surface area contributed by atoms with Gasteiger partial charge in [0, 0.05) is 9.77 Å². The normalized spacial score (nSPS) is 13.6. The summed E-state index contributed by atoms with van der Waals surface area (Å²) in [6, 6.07) is 8.56. The van der Waals surface area contributed by atoms with Crippen LogP contribution in [0.2, 0.25) is 0 Å². The third-order valence-electron chi connectivity index (χ3n) is 4.63. The Balaban J connectivity index is 1.67. The first-order chi connectivity index (χ1) is 12.1. The van der Waals surface area contributed by atoms with Crippen molar-refractivity contribution in [2.75, 3.05) is 11.1 Å². The number of carbonyl (C=O) groups is 1. The van der Waals surface area contributed by atoms with Gasteiger partial charge in [0.15, 0.2) is 0 Å². The van der Waals surface area contributed by atoms with Gasteiger partial charge in [0.2, 0.25) is 5.91 Å². The number of fused-ring (bicyclic) bond motifs is 1. The smallest absolute Gasteiger partial charge is 0.235 e. The van der Waals surface area contributed by atoms with E-state index in [-0.39, 0.29) is 5.91 Å². The molecule has 0 spiro atoms. The van der Waals surface area contributed by atoms with Crippen molar-refractivity contribution >= 4 is 34.0 Å². The summed E-state index contributed by atoms with van der Waals surface area (Å²) in [6.07, 6.45) is 5.52. The number of hydrogen-bond donors (Lipinski definition) is 1. The molecule has 1 N–H and O–H groups in total. The van der Waals surface area contributed by atoms with E-state index in [4.69, 9.17) is 0 Å². The Morgan fingerprint density at radius 1 is 1.24 bits per heavy atom. The number of anilines is 1. The van der Waals surface area contributed by atoms with Crippen LogP contribution < -0.4 is 5.32 Å². The van der Waals surface area contributed by atoms with Gasteiger partial charge in [-0.15, -0.1) is 23.1 Å². The van der Waals surface area contributed by atoms with Gasteiger partial charge in [0.05, 0.1) is 11.3 Å². The Morgan fingerprint density at radius 2 is 2.04 bits per heavy atom. The summed E-state index contributed by atoms with van der Waals surface area (Å²) in [7, 11) is 0. The van der Waals surface area contributed by atoms with Crippen molar-refractivity contribution in [2.45, 2.75) is 50.8 Å². The Bertz CT molecular complexity index is 833. The lowest BCUT2D eigenvalue weighted by molar-refractivity contribution is -0.113. The molecule has 2 aromatic rings. The second-order valence-corrected chi connectivity index (χ2v) is 8.62. The van der Waals surface area contributed by atoms with Crippen LogP contribution in [-0.2, 0) is 17.6 Å². The lowest BCUT2D eigenvalue weighted by atomic mass is 10.1. The van der Waals surface area contributed by atoms with E-state index in [9.17, 15) is 10.1 Å². The zero-order valence-electron chi connectivity index (χ0n) is 14.6. The second-order valence-electron chi connectivity index (χ2n) is 6.46. The molecule has 0 saturated carbocycles. The number of nitrogens with one attached hydrogen (secondary N) is 1. The Morgan fingerprint density at radius 3 is 2.80 bits per heavy atom. The van der Waals surface area contributed by atoms with Crippen LogP contribution in [0.25, 0.3) is 0 Å². The van der Waals surface area contributed by atoms with Gasteiger partial charge < -0.3 is 5.32 Å². The number of aryl methyl sites for hydroxylation is 3. The number of carbonyl (C=O) groups excluding carboxylic acids is 1. The molecule has 1 aliphatic carbocycles. The van der Waals surface area contributed by atoms with Crippen molar-refractivity contribution in [1.82, 2.24) is 0 Å². The maximum absolute atomic E-state index is 12.4. The molecular weight excluding hydrogens is 348 g/mol. The molecule has 1 amide bonds. The standard InChI is InChI=1S/C20H22N2OS2/c1-13-8-9-15(10-14(13)2)24-12-19(23)22-20-17(11-21)16-6-4-3-5-7-18(16)25-20/h8-10H,3-7,12H2,1-2H3,(H,22,23). The van der Waals surface area contributed by atoms with E-state index in [0.717, 1.165) is 29.2 Å². The molecule has 1 aliphatic rings. The van der Waals surface area contributed by atoms with E-state index in [0.29, 0.717) is 11.3 Å². The number of nitriles is 1. The average molecular weight is 371 g/mol. The number of nitrogens with zero attached hydrogens (tertiary/aromatic N) is 1. The van der Waals surface area contributed by atoms with Crippen LogP contribution in [0.5, 0.6) is 0 Å². The average Bonchev–Trinajstić information content (AvgIpc) is 2.76. The molecule has 1 heterocycles. The molecule has 25 heavy (non-hydrogen) atoms. The number of rotatable bonds is 4. The largest absolute Gasteiger partial charge is 0.316 e. The minimum atomic E-state index is -0.0452. The van der Waals surface area contributed by atoms with Crippen LogP contribution in [0.3, 0.4) is 0 Å². The van der Waals surface area contributed by atoms with Crippen LogP contribution in [-0.4, -0.2) is 11.7 Å². The fraction of sp³-hybridized carbons (Fsp3) is 0.400. The van der Waals surface area contributed by atoms with Gasteiger partial charge >= 0.3 is 0 Å². The van der Waals surface area contributed by atoms with Crippen LogP contribution in [0.1, 0.15) is 46.4 Å². The summed E-state index contributed by atoms with van der Waals surface area (Å²) in [5.41, 5.74) is 4.35. The first kappa shape index (κ1) is 18.0. The summed E-state index contributed by atoms with van der Waals surface area (Å²) >= 11 is 3.12. The molecule has 0 fully saturated rings. The van der Waals surface area contributed by atoms with Crippen molar-refractivity contribution in [2.24, 2.45) is 0 Å². The molecule has 1 aromatic carbocycles. The zero-order valence-corrected chi connectivity index (χ0v) is 16.3. The van der Waals surface area contributed by atoms with Crippen molar-refractivity contribution in [3.8, 4) is 6.07 Å². The van der Waals surface area contributed by atoms with Crippen molar-refractivity contribution < 1.29 is 4.79 Å². The minimum Gasteiger partial charge on any atom is -0.316 e. The van der Waals surface area contributed by atoms with E-state index >= 15 is 0 Å². The second kappa shape index (κ2) is 8.07. The van der Waals surface area contributed by atoms with E-state index < -0.39 is 0 Å².